The monoisotopic (exact) mass is 321 g/mol. The van der Waals surface area contributed by atoms with Crippen molar-refractivity contribution in [2.24, 2.45) is 5.73 Å². The maximum absolute atomic E-state index is 6.12. The van der Waals surface area contributed by atoms with Crippen molar-refractivity contribution in [2.75, 3.05) is 18.6 Å². The van der Waals surface area contributed by atoms with Gasteiger partial charge in [-0.1, -0.05) is 5.16 Å². The molecule has 1 fully saturated rings. The van der Waals surface area contributed by atoms with Crippen LogP contribution in [0.4, 0.5) is 0 Å². The molecule has 1 aromatic carbocycles. The van der Waals surface area contributed by atoms with E-state index in [-0.39, 0.29) is 12.6 Å². The maximum Gasteiger partial charge on any atom is 0.240 e. The molecule has 2 N–H and O–H groups in total. The van der Waals surface area contributed by atoms with Gasteiger partial charge in [0.1, 0.15) is 6.10 Å². The number of nitrogens with zero attached hydrogens (tertiary/aromatic N) is 2. The van der Waals surface area contributed by atoms with Crippen molar-refractivity contribution in [1.29, 1.82) is 0 Å². The lowest BCUT2D eigenvalue weighted by Gasteiger charge is -2.23. The molecular weight excluding hydrogens is 302 g/mol. The number of aromatic nitrogens is 2. The Morgan fingerprint density at radius 1 is 1.32 bits per heavy atom. The molecular formula is C15H19N3O3S. The first kappa shape index (κ1) is 15.2. The molecule has 0 atom stereocenters. The van der Waals surface area contributed by atoms with Crippen molar-refractivity contribution < 1.29 is 14.0 Å². The molecule has 1 aliphatic rings. The van der Waals surface area contributed by atoms with Crippen LogP contribution in [-0.4, -0.2) is 34.9 Å². The van der Waals surface area contributed by atoms with Gasteiger partial charge < -0.3 is 19.7 Å². The van der Waals surface area contributed by atoms with E-state index >= 15 is 0 Å². The van der Waals surface area contributed by atoms with E-state index in [1.807, 2.05) is 30.0 Å². The lowest BCUT2D eigenvalue weighted by Crippen LogP contribution is -2.22. The lowest BCUT2D eigenvalue weighted by molar-refractivity contribution is 0.184. The maximum atomic E-state index is 6.12. The van der Waals surface area contributed by atoms with Crippen molar-refractivity contribution in [3.8, 4) is 22.9 Å². The molecule has 6 nitrogen and oxygen atoms in total. The van der Waals surface area contributed by atoms with Crippen LogP contribution in [0, 0.1) is 0 Å². The van der Waals surface area contributed by atoms with E-state index in [1.54, 1.807) is 7.11 Å². The highest BCUT2D eigenvalue weighted by molar-refractivity contribution is 7.99. The molecule has 118 valence electrons. The first-order chi connectivity index (χ1) is 10.8. The molecule has 1 aliphatic heterocycles. The molecule has 7 heteroatoms. The zero-order chi connectivity index (χ0) is 15.4. The van der Waals surface area contributed by atoms with Crippen molar-refractivity contribution >= 4 is 11.8 Å². The Balaban J connectivity index is 1.84. The van der Waals surface area contributed by atoms with Crippen LogP contribution in [0.3, 0.4) is 0 Å². The van der Waals surface area contributed by atoms with E-state index in [0.717, 1.165) is 35.7 Å². The highest BCUT2D eigenvalue weighted by atomic mass is 32.2. The molecule has 0 unspecified atom stereocenters. The van der Waals surface area contributed by atoms with E-state index in [4.69, 9.17) is 19.7 Å². The average molecular weight is 321 g/mol. The Morgan fingerprint density at radius 2 is 2.14 bits per heavy atom. The molecule has 1 aromatic heterocycles. The molecule has 3 rings (SSSR count). The van der Waals surface area contributed by atoms with E-state index in [1.165, 1.54) is 0 Å². The minimum Gasteiger partial charge on any atom is -0.493 e. The molecule has 0 radical (unpaired) electrons. The molecule has 0 bridgehead atoms. The molecule has 0 spiro atoms. The Labute approximate surface area is 133 Å². The minimum atomic E-state index is 0.228. The Hall–Kier alpha value is -1.73. The number of nitrogens with two attached hydrogens (primary N) is 1. The van der Waals surface area contributed by atoms with E-state index in [9.17, 15) is 0 Å². The quantitative estimate of drug-likeness (QED) is 0.905. The molecule has 0 aliphatic carbocycles. The molecule has 1 saturated heterocycles. The predicted molar refractivity (Wildman–Crippen MR) is 85.2 cm³/mol. The van der Waals surface area contributed by atoms with Crippen molar-refractivity contribution in [3.63, 3.8) is 0 Å². The number of rotatable bonds is 5. The largest absolute Gasteiger partial charge is 0.493 e. The summed E-state index contributed by atoms with van der Waals surface area (Å²) in [6, 6.07) is 5.64. The summed E-state index contributed by atoms with van der Waals surface area (Å²) in [5.41, 5.74) is 6.32. The standard InChI is InChI=1S/C15H19N3O3S/c1-19-12-3-2-10(15-17-14(9-16)21-18-15)8-13(12)20-11-4-6-22-7-5-11/h2-3,8,11H,4-7,9,16H2,1H3. The number of ether oxygens (including phenoxy) is 2. The van der Waals surface area contributed by atoms with Gasteiger partial charge >= 0.3 is 0 Å². The first-order valence-electron chi connectivity index (χ1n) is 7.25. The summed E-state index contributed by atoms with van der Waals surface area (Å²) in [6.07, 6.45) is 2.34. The fraction of sp³-hybridized carbons (Fsp3) is 0.467. The van der Waals surface area contributed by atoms with Gasteiger partial charge in [-0.25, -0.2) is 0 Å². The van der Waals surface area contributed by atoms with Gasteiger partial charge in [-0.15, -0.1) is 0 Å². The molecule has 22 heavy (non-hydrogen) atoms. The fourth-order valence-electron chi connectivity index (χ4n) is 2.34. The smallest absolute Gasteiger partial charge is 0.240 e. The van der Waals surface area contributed by atoms with Crippen molar-refractivity contribution in [2.45, 2.75) is 25.5 Å². The molecule has 2 heterocycles. The van der Waals surface area contributed by atoms with E-state index in [0.29, 0.717) is 17.5 Å². The second-order valence-electron chi connectivity index (χ2n) is 5.01. The highest BCUT2D eigenvalue weighted by Gasteiger charge is 2.18. The van der Waals surface area contributed by atoms with Crippen LogP contribution in [0.15, 0.2) is 22.7 Å². The Bertz CT molecular complexity index is 626. The van der Waals surface area contributed by atoms with Gasteiger partial charge in [-0.3, -0.25) is 0 Å². The molecule has 0 saturated carbocycles. The summed E-state index contributed by atoms with van der Waals surface area (Å²) in [4.78, 5) is 4.24. The zero-order valence-corrected chi connectivity index (χ0v) is 13.3. The van der Waals surface area contributed by atoms with Gasteiger partial charge in [0, 0.05) is 5.56 Å². The zero-order valence-electron chi connectivity index (χ0n) is 12.4. The fourth-order valence-corrected chi connectivity index (χ4v) is 3.40. The van der Waals surface area contributed by atoms with E-state index < -0.39 is 0 Å². The number of methoxy groups -OCH3 is 1. The van der Waals surface area contributed by atoms with Crippen LogP contribution < -0.4 is 15.2 Å². The summed E-state index contributed by atoms with van der Waals surface area (Å²) < 4.78 is 16.6. The van der Waals surface area contributed by atoms with Crippen LogP contribution in [0.2, 0.25) is 0 Å². The summed E-state index contributed by atoms with van der Waals surface area (Å²) >= 11 is 1.97. The SMILES string of the molecule is COc1ccc(-c2noc(CN)n2)cc1OC1CCSCC1. The van der Waals surface area contributed by atoms with Gasteiger partial charge in [-0.2, -0.15) is 16.7 Å². The van der Waals surface area contributed by atoms with Crippen LogP contribution in [0.25, 0.3) is 11.4 Å². The number of benzene rings is 1. The van der Waals surface area contributed by atoms with Gasteiger partial charge in [0.15, 0.2) is 11.5 Å². The second-order valence-corrected chi connectivity index (χ2v) is 6.24. The molecule has 0 amide bonds. The average Bonchev–Trinajstić information content (AvgIpc) is 3.05. The van der Waals surface area contributed by atoms with Crippen LogP contribution in [0.1, 0.15) is 18.7 Å². The summed E-state index contributed by atoms with van der Waals surface area (Å²) in [5.74, 6) is 4.62. The third-order valence-corrected chi connectivity index (χ3v) is 4.58. The predicted octanol–water partition coefficient (Wildman–Crippen LogP) is 2.48. The van der Waals surface area contributed by atoms with Crippen molar-refractivity contribution in [1.82, 2.24) is 10.1 Å². The van der Waals surface area contributed by atoms with Crippen LogP contribution >= 0.6 is 11.8 Å². The number of hydrogen-bond donors (Lipinski definition) is 1. The number of hydrogen-bond acceptors (Lipinski definition) is 7. The van der Waals surface area contributed by atoms with Gasteiger partial charge in [0.05, 0.1) is 13.7 Å². The second kappa shape index (κ2) is 7.02. The van der Waals surface area contributed by atoms with Gasteiger partial charge in [-0.05, 0) is 42.5 Å². The van der Waals surface area contributed by atoms with E-state index in [2.05, 4.69) is 10.1 Å². The van der Waals surface area contributed by atoms with Crippen LogP contribution in [-0.2, 0) is 6.54 Å². The molecule has 2 aromatic rings. The summed E-state index contributed by atoms with van der Waals surface area (Å²) in [6.45, 7) is 0.228. The highest BCUT2D eigenvalue weighted by Crippen LogP contribution is 2.34. The normalized spacial score (nSPS) is 15.7. The minimum absolute atomic E-state index is 0.228. The first-order valence-corrected chi connectivity index (χ1v) is 8.41. The van der Waals surface area contributed by atoms with Crippen molar-refractivity contribution in [3.05, 3.63) is 24.1 Å². The Kier molecular flexibility index (Phi) is 4.84. The van der Waals surface area contributed by atoms with Crippen LogP contribution in [0.5, 0.6) is 11.5 Å². The summed E-state index contributed by atoms with van der Waals surface area (Å²) in [7, 11) is 1.64. The third-order valence-electron chi connectivity index (χ3n) is 3.53. The van der Waals surface area contributed by atoms with Gasteiger partial charge in [0.2, 0.25) is 11.7 Å². The number of thioether (sulfide) groups is 1. The van der Waals surface area contributed by atoms with Gasteiger partial charge in [0.25, 0.3) is 0 Å². The summed E-state index contributed by atoms with van der Waals surface area (Å²) in [5, 5.41) is 3.93. The Morgan fingerprint density at radius 3 is 2.82 bits per heavy atom. The topological polar surface area (TPSA) is 83.4 Å². The lowest BCUT2D eigenvalue weighted by atomic mass is 10.1. The third kappa shape index (κ3) is 3.36.